The Morgan fingerprint density at radius 1 is 0.303 bits per heavy atom. The smallest absolute Gasteiger partial charge is 0.145 e. The van der Waals surface area contributed by atoms with Crippen molar-refractivity contribution in [1.29, 1.82) is 0 Å². The van der Waals surface area contributed by atoms with Crippen molar-refractivity contribution < 1.29 is 0 Å². The van der Waals surface area contributed by atoms with E-state index in [-0.39, 0.29) is 5.41 Å². The molecule has 0 atom stereocenters. The number of aromatic nitrogens is 2. The topological polar surface area (TPSA) is 17.8 Å². The van der Waals surface area contributed by atoms with Crippen LogP contribution in [0.3, 0.4) is 0 Å². The minimum atomic E-state index is -0.282. The number of imidazole rings is 1. The third-order valence-electron chi connectivity index (χ3n) is 17.5. The maximum absolute atomic E-state index is 5.17. The maximum Gasteiger partial charge on any atom is 0.145 e. The number of benzene rings is 13. The molecule has 0 saturated carbocycles. The van der Waals surface area contributed by atoms with Crippen LogP contribution in [0.4, 0.5) is 0 Å². The molecular weight excluding hydrogens is 917 g/mol. The zero-order valence-electron chi connectivity index (χ0n) is 42.0. The predicted molar refractivity (Wildman–Crippen MR) is 319 cm³/mol. The Morgan fingerprint density at radius 2 is 0.750 bits per heavy atom. The summed E-state index contributed by atoms with van der Waals surface area (Å²) in [6.45, 7) is 4.87. The van der Waals surface area contributed by atoms with Crippen LogP contribution < -0.4 is 0 Å². The van der Waals surface area contributed by atoms with Crippen molar-refractivity contribution in [2.24, 2.45) is 0 Å². The largest absolute Gasteiger partial charge is 0.292 e. The molecular formula is C74H46N2. The lowest BCUT2D eigenvalue weighted by Gasteiger charge is -2.25. The van der Waals surface area contributed by atoms with E-state index in [4.69, 9.17) is 4.98 Å². The molecule has 76 heavy (non-hydrogen) atoms. The van der Waals surface area contributed by atoms with E-state index in [1.807, 2.05) is 0 Å². The lowest BCUT2D eigenvalue weighted by molar-refractivity contribution is 0.661. The molecule has 0 radical (unpaired) electrons. The Labute approximate surface area is 440 Å². The molecule has 3 aliphatic carbocycles. The molecule has 17 rings (SSSR count). The highest BCUT2D eigenvalue weighted by Gasteiger charge is 2.37. The van der Waals surface area contributed by atoms with Crippen molar-refractivity contribution in [1.82, 2.24) is 9.55 Å². The van der Waals surface area contributed by atoms with Gasteiger partial charge in [-0.2, -0.15) is 0 Å². The molecule has 2 heteroatoms. The highest BCUT2D eigenvalue weighted by Crippen LogP contribution is 2.57. The average molecular weight is 963 g/mol. The highest BCUT2D eigenvalue weighted by atomic mass is 15.1. The molecule has 0 amide bonds. The summed E-state index contributed by atoms with van der Waals surface area (Å²) in [5, 5.41) is 10.4. The summed E-state index contributed by atoms with van der Waals surface area (Å²) >= 11 is 0. The fourth-order valence-corrected chi connectivity index (χ4v) is 14.1. The second kappa shape index (κ2) is 15.2. The van der Waals surface area contributed by atoms with Gasteiger partial charge in [0, 0.05) is 16.7 Å². The predicted octanol–water partition coefficient (Wildman–Crippen LogP) is 19.9. The fourth-order valence-electron chi connectivity index (χ4n) is 14.1. The summed E-state index contributed by atoms with van der Waals surface area (Å²) in [6, 6.07) is 90.9. The van der Waals surface area contributed by atoms with Gasteiger partial charge in [0.2, 0.25) is 0 Å². The van der Waals surface area contributed by atoms with Gasteiger partial charge in [0.15, 0.2) is 0 Å². The van der Waals surface area contributed by atoms with Gasteiger partial charge in [-0.15, -0.1) is 0 Å². The lowest BCUT2D eigenvalue weighted by atomic mass is 9.78. The monoisotopic (exact) mass is 962 g/mol. The minimum absolute atomic E-state index is 0.282. The first-order valence-corrected chi connectivity index (χ1v) is 26.6. The van der Waals surface area contributed by atoms with Crippen LogP contribution in [0.25, 0.3) is 160 Å². The molecule has 352 valence electrons. The van der Waals surface area contributed by atoms with Gasteiger partial charge in [0.25, 0.3) is 0 Å². The minimum Gasteiger partial charge on any atom is -0.292 e. The normalized spacial score (nSPS) is 13.2. The molecule has 2 nitrogen and oxygen atoms in total. The van der Waals surface area contributed by atoms with Crippen LogP contribution in [0, 0.1) is 0 Å². The van der Waals surface area contributed by atoms with Crippen LogP contribution in [-0.4, -0.2) is 9.55 Å². The molecule has 0 bridgehead atoms. The summed E-state index contributed by atoms with van der Waals surface area (Å²) in [4.78, 5) is 5.17. The van der Waals surface area contributed by atoms with E-state index in [1.54, 1.807) is 0 Å². The van der Waals surface area contributed by atoms with E-state index in [0.29, 0.717) is 0 Å². The number of nitrogens with zero attached hydrogens (tertiary/aromatic N) is 2. The Kier molecular flexibility index (Phi) is 8.38. The standard InChI is InChI=1S/C74H46N2/c1-74(2)65-40-45(43-30-32-44(33-31-43)73-75-67-28-12-13-29-68(67)76(73)46-16-4-3-5-17-46)34-35-51(65)62-41-63-64(42-66(62)74)72(61-39-37-59-50-21-9-7-19-48(50)53-25-15-27-57(61)70(53)59)55-23-11-10-22-54(55)71(63)60-38-36-58-49-20-8-6-18-47(49)52-24-14-26-56(60)69(52)58/h3-42H,1-2H3. The Morgan fingerprint density at radius 3 is 1.37 bits per heavy atom. The van der Waals surface area contributed by atoms with Gasteiger partial charge in [0.1, 0.15) is 5.82 Å². The van der Waals surface area contributed by atoms with Gasteiger partial charge in [-0.3, -0.25) is 4.57 Å². The van der Waals surface area contributed by atoms with Crippen molar-refractivity contribution in [2.75, 3.05) is 0 Å². The van der Waals surface area contributed by atoms with Gasteiger partial charge in [-0.25, -0.2) is 4.98 Å². The van der Waals surface area contributed by atoms with Crippen LogP contribution in [-0.2, 0) is 5.41 Å². The van der Waals surface area contributed by atoms with Crippen molar-refractivity contribution >= 4 is 54.1 Å². The summed E-state index contributed by atoms with van der Waals surface area (Å²) in [5.74, 6) is 0.937. The molecule has 3 aliphatic rings. The van der Waals surface area contributed by atoms with Gasteiger partial charge in [-0.05, 0) is 186 Å². The van der Waals surface area contributed by atoms with Crippen molar-refractivity contribution in [2.45, 2.75) is 19.3 Å². The Bertz CT molecular complexity index is 4820. The highest BCUT2D eigenvalue weighted by molar-refractivity contribution is 6.29. The van der Waals surface area contributed by atoms with Gasteiger partial charge < -0.3 is 0 Å². The second-order valence-corrected chi connectivity index (χ2v) is 21.7. The van der Waals surface area contributed by atoms with E-state index >= 15 is 0 Å². The van der Waals surface area contributed by atoms with E-state index in [2.05, 4.69) is 261 Å². The van der Waals surface area contributed by atoms with Crippen LogP contribution in [0.1, 0.15) is 25.0 Å². The Hall–Kier alpha value is -9.63. The van der Waals surface area contributed by atoms with Crippen molar-refractivity contribution in [3.05, 3.63) is 254 Å². The number of para-hydroxylation sites is 3. The summed E-state index contributed by atoms with van der Waals surface area (Å²) < 4.78 is 2.28. The molecule has 13 aromatic carbocycles. The number of hydrogen-bond donors (Lipinski definition) is 0. The number of rotatable bonds is 5. The van der Waals surface area contributed by atoms with Crippen LogP contribution in [0.2, 0.25) is 0 Å². The first-order valence-electron chi connectivity index (χ1n) is 26.6. The lowest BCUT2D eigenvalue weighted by Crippen LogP contribution is -2.15. The average Bonchev–Trinajstić information content (AvgIpc) is 4.33. The molecule has 0 saturated heterocycles. The van der Waals surface area contributed by atoms with E-state index in [9.17, 15) is 0 Å². The third kappa shape index (κ3) is 5.57. The molecule has 0 spiro atoms. The molecule has 0 unspecified atom stereocenters. The van der Waals surface area contributed by atoms with Gasteiger partial charge >= 0.3 is 0 Å². The van der Waals surface area contributed by atoms with Gasteiger partial charge in [-0.1, -0.05) is 214 Å². The number of fused-ring (bicyclic) bond motifs is 12. The summed E-state index contributed by atoms with van der Waals surface area (Å²) in [7, 11) is 0. The van der Waals surface area contributed by atoms with Crippen LogP contribution in [0.15, 0.2) is 243 Å². The van der Waals surface area contributed by atoms with Crippen molar-refractivity contribution in [3.63, 3.8) is 0 Å². The molecule has 0 aliphatic heterocycles. The third-order valence-corrected chi connectivity index (χ3v) is 17.5. The zero-order chi connectivity index (χ0) is 50.0. The quantitative estimate of drug-likeness (QED) is 0.157. The van der Waals surface area contributed by atoms with E-state index < -0.39 is 0 Å². The molecule has 1 aromatic heterocycles. The maximum atomic E-state index is 5.17. The van der Waals surface area contributed by atoms with Crippen LogP contribution >= 0.6 is 0 Å². The summed E-state index contributed by atoms with van der Waals surface area (Å²) in [6.07, 6.45) is 0. The first kappa shape index (κ1) is 41.8. The number of hydrogen-bond acceptors (Lipinski definition) is 1. The van der Waals surface area contributed by atoms with E-state index in [1.165, 1.54) is 143 Å². The van der Waals surface area contributed by atoms with Crippen molar-refractivity contribution in [3.8, 4) is 106 Å². The zero-order valence-corrected chi connectivity index (χ0v) is 42.0. The molecule has 14 aromatic rings. The summed E-state index contributed by atoms with van der Waals surface area (Å²) in [5.41, 5.74) is 27.4. The van der Waals surface area contributed by atoms with Gasteiger partial charge in [0.05, 0.1) is 11.0 Å². The molecule has 0 N–H and O–H groups in total. The Balaban J connectivity index is 0.886. The van der Waals surface area contributed by atoms with E-state index in [0.717, 1.165) is 28.1 Å². The first-order chi connectivity index (χ1) is 37.5. The van der Waals surface area contributed by atoms with Crippen LogP contribution in [0.5, 0.6) is 0 Å². The fraction of sp³-hybridized carbons (Fsp3) is 0.0405. The molecule has 1 heterocycles. The molecule has 0 fully saturated rings. The second-order valence-electron chi connectivity index (χ2n) is 21.7. The SMILES string of the molecule is CC1(C)c2cc(-c3ccc(-c4nc5ccccc5n4-c4ccccc4)cc3)ccc2-c2cc3c(-c4ccc5c6c(cccc46)-c4ccccc4-5)c4ccccc4c(-c4ccc5c6c(cccc46)-c4ccccc4-5)c3cc21.